The molecule has 0 aromatic rings. The molecular weight excluding hydrogens is 132 g/mol. The van der Waals surface area contributed by atoms with Gasteiger partial charge in [-0.25, -0.2) is 0 Å². The van der Waals surface area contributed by atoms with Gasteiger partial charge in [-0.15, -0.1) is 0 Å². The van der Waals surface area contributed by atoms with Crippen LogP contribution >= 0.6 is 0 Å². The summed E-state index contributed by atoms with van der Waals surface area (Å²) in [5.41, 5.74) is 0. The topological polar surface area (TPSA) is 55.7 Å². The molecule has 0 aliphatic carbocycles. The fourth-order valence-corrected chi connectivity index (χ4v) is 0.689. The zero-order valence-corrected chi connectivity index (χ0v) is 5.36. The highest BCUT2D eigenvalue weighted by Gasteiger charge is 1.98. The summed E-state index contributed by atoms with van der Waals surface area (Å²) in [6.45, 7) is 0.318. The Kier molecular flexibility index (Phi) is 2.04. The third-order valence-electron chi connectivity index (χ3n) is 1.08. The van der Waals surface area contributed by atoms with Crippen LogP contribution in [0.5, 0.6) is 0 Å². The van der Waals surface area contributed by atoms with Gasteiger partial charge in [0.2, 0.25) is 0 Å². The maximum absolute atomic E-state index is 10.0. The zero-order valence-electron chi connectivity index (χ0n) is 5.36. The van der Waals surface area contributed by atoms with E-state index in [1.54, 1.807) is 23.4 Å². The van der Waals surface area contributed by atoms with Crippen molar-refractivity contribution in [2.24, 2.45) is 4.99 Å². The van der Waals surface area contributed by atoms with E-state index in [0.717, 1.165) is 0 Å². The molecular formula is C6H7N2O2-. The molecule has 1 aliphatic heterocycles. The van der Waals surface area contributed by atoms with Crippen LogP contribution in [0.15, 0.2) is 17.3 Å². The van der Waals surface area contributed by atoms with Crippen LogP contribution in [0.3, 0.4) is 0 Å². The minimum absolute atomic E-state index is 0.0894. The summed E-state index contributed by atoms with van der Waals surface area (Å²) in [7, 11) is 0. The number of carboxylic acids is 1. The molecule has 0 N–H and O–H groups in total. The van der Waals surface area contributed by atoms with Crippen LogP contribution in [0.1, 0.15) is 0 Å². The lowest BCUT2D eigenvalue weighted by molar-refractivity contribution is -0.305. The van der Waals surface area contributed by atoms with E-state index in [1.807, 2.05) is 0 Å². The van der Waals surface area contributed by atoms with Gasteiger partial charge in [0.05, 0.1) is 12.5 Å². The standard InChI is InChI=1S/C6H8N2O2/c9-6(10)4-8-3-1-2-7-5-8/h1-3H,4-5H2,(H,9,10)/p-1. The molecule has 0 spiro atoms. The van der Waals surface area contributed by atoms with Crippen molar-refractivity contribution in [1.29, 1.82) is 0 Å². The van der Waals surface area contributed by atoms with Crippen LogP contribution < -0.4 is 5.11 Å². The number of aliphatic imine (C=N–C) groups is 1. The van der Waals surface area contributed by atoms with Crippen LogP contribution in [-0.2, 0) is 4.79 Å². The zero-order chi connectivity index (χ0) is 7.40. The Morgan fingerprint density at radius 3 is 3.10 bits per heavy atom. The lowest BCUT2D eigenvalue weighted by Gasteiger charge is -2.19. The van der Waals surface area contributed by atoms with Gasteiger partial charge in [0.1, 0.15) is 6.67 Å². The van der Waals surface area contributed by atoms with Crippen LogP contribution in [-0.4, -0.2) is 30.3 Å². The number of hydrogen-bond acceptors (Lipinski definition) is 4. The minimum Gasteiger partial charge on any atom is -0.548 e. The molecule has 0 amide bonds. The molecule has 0 saturated heterocycles. The third-order valence-corrected chi connectivity index (χ3v) is 1.08. The summed E-state index contributed by atoms with van der Waals surface area (Å²) < 4.78 is 0. The molecule has 0 fully saturated rings. The van der Waals surface area contributed by atoms with Gasteiger partial charge < -0.3 is 14.8 Å². The summed E-state index contributed by atoms with van der Waals surface area (Å²) in [4.78, 5) is 15.4. The molecule has 1 rings (SSSR count). The molecule has 0 aromatic heterocycles. The highest BCUT2D eigenvalue weighted by Crippen LogP contribution is 1.92. The van der Waals surface area contributed by atoms with Crippen molar-refractivity contribution in [3.8, 4) is 0 Å². The number of carbonyl (C=O) groups excluding carboxylic acids is 1. The van der Waals surface area contributed by atoms with Gasteiger partial charge in [-0.3, -0.25) is 4.99 Å². The van der Waals surface area contributed by atoms with Gasteiger partial charge in [0, 0.05) is 12.4 Å². The van der Waals surface area contributed by atoms with Crippen molar-refractivity contribution in [2.45, 2.75) is 0 Å². The molecule has 1 heterocycles. The monoisotopic (exact) mass is 139 g/mol. The first-order chi connectivity index (χ1) is 4.79. The lowest BCUT2D eigenvalue weighted by Crippen LogP contribution is -2.36. The van der Waals surface area contributed by atoms with Crippen LogP contribution in [0.4, 0.5) is 0 Å². The second-order valence-electron chi connectivity index (χ2n) is 1.93. The molecule has 10 heavy (non-hydrogen) atoms. The summed E-state index contributed by atoms with van der Waals surface area (Å²) in [5.74, 6) is -1.08. The highest BCUT2D eigenvalue weighted by atomic mass is 16.4. The van der Waals surface area contributed by atoms with E-state index in [0.29, 0.717) is 6.67 Å². The van der Waals surface area contributed by atoms with Crippen LogP contribution in [0, 0.1) is 0 Å². The maximum atomic E-state index is 10.0. The molecule has 0 atom stereocenters. The maximum Gasteiger partial charge on any atom is 0.110 e. The summed E-state index contributed by atoms with van der Waals surface area (Å²) in [6, 6.07) is 0. The fourth-order valence-electron chi connectivity index (χ4n) is 0.689. The number of allylic oxidation sites excluding steroid dienone is 1. The quantitative estimate of drug-likeness (QED) is 0.472. The normalized spacial score (nSPS) is 15.8. The Balaban J connectivity index is 2.37. The number of carbonyl (C=O) groups is 1. The van der Waals surface area contributed by atoms with Crippen molar-refractivity contribution in [3.63, 3.8) is 0 Å². The second kappa shape index (κ2) is 3.00. The molecule has 4 nitrogen and oxygen atoms in total. The van der Waals surface area contributed by atoms with E-state index in [2.05, 4.69) is 4.99 Å². The smallest absolute Gasteiger partial charge is 0.110 e. The van der Waals surface area contributed by atoms with Crippen LogP contribution in [0.25, 0.3) is 0 Å². The van der Waals surface area contributed by atoms with E-state index in [4.69, 9.17) is 0 Å². The number of rotatable bonds is 2. The van der Waals surface area contributed by atoms with Gasteiger partial charge in [-0.1, -0.05) is 0 Å². The van der Waals surface area contributed by atoms with Crippen molar-refractivity contribution < 1.29 is 9.90 Å². The molecule has 0 aromatic carbocycles. The van der Waals surface area contributed by atoms with E-state index >= 15 is 0 Å². The first kappa shape index (κ1) is 6.80. The van der Waals surface area contributed by atoms with E-state index in [-0.39, 0.29) is 6.54 Å². The minimum atomic E-state index is -1.08. The summed E-state index contributed by atoms with van der Waals surface area (Å²) in [6.07, 6.45) is 4.99. The third kappa shape index (κ3) is 1.89. The first-order valence-corrected chi connectivity index (χ1v) is 2.89. The Labute approximate surface area is 58.5 Å². The lowest BCUT2D eigenvalue weighted by atomic mass is 10.5. The fraction of sp³-hybridized carbons (Fsp3) is 0.333. The average molecular weight is 139 g/mol. The largest absolute Gasteiger partial charge is 0.548 e. The molecule has 0 bridgehead atoms. The van der Waals surface area contributed by atoms with Gasteiger partial charge in [-0.2, -0.15) is 0 Å². The van der Waals surface area contributed by atoms with E-state index < -0.39 is 5.97 Å². The first-order valence-electron chi connectivity index (χ1n) is 2.89. The highest BCUT2D eigenvalue weighted by molar-refractivity contribution is 5.72. The number of nitrogens with zero attached hydrogens (tertiary/aromatic N) is 2. The average Bonchev–Trinajstić information content (AvgIpc) is 1.88. The predicted molar refractivity (Wildman–Crippen MR) is 34.2 cm³/mol. The Morgan fingerprint density at radius 1 is 1.80 bits per heavy atom. The molecule has 0 saturated carbocycles. The van der Waals surface area contributed by atoms with Gasteiger partial charge in [0.15, 0.2) is 0 Å². The second-order valence-corrected chi connectivity index (χ2v) is 1.93. The summed E-state index contributed by atoms with van der Waals surface area (Å²) >= 11 is 0. The number of hydrogen-bond donors (Lipinski definition) is 0. The molecule has 0 unspecified atom stereocenters. The number of aliphatic carboxylic acids is 1. The van der Waals surface area contributed by atoms with Crippen molar-refractivity contribution in [3.05, 3.63) is 12.3 Å². The summed E-state index contributed by atoms with van der Waals surface area (Å²) in [5, 5.41) is 10.0. The van der Waals surface area contributed by atoms with Crippen molar-refractivity contribution >= 4 is 12.2 Å². The molecule has 54 valence electrons. The van der Waals surface area contributed by atoms with Crippen LogP contribution in [0.2, 0.25) is 0 Å². The van der Waals surface area contributed by atoms with Gasteiger partial charge in [0.25, 0.3) is 0 Å². The van der Waals surface area contributed by atoms with Gasteiger partial charge in [-0.05, 0) is 6.08 Å². The Hall–Kier alpha value is -1.32. The van der Waals surface area contributed by atoms with E-state index in [1.165, 1.54) is 0 Å². The Morgan fingerprint density at radius 2 is 2.60 bits per heavy atom. The van der Waals surface area contributed by atoms with E-state index in [9.17, 15) is 9.90 Å². The molecule has 1 aliphatic rings. The van der Waals surface area contributed by atoms with Gasteiger partial charge >= 0.3 is 0 Å². The molecule has 0 radical (unpaired) electrons. The SMILES string of the molecule is O=C([O-])CN1C=CC=NC1. The number of carboxylic acid groups (broad SMARTS) is 1. The Bertz CT molecular complexity index is 186. The van der Waals surface area contributed by atoms with Crippen molar-refractivity contribution in [2.75, 3.05) is 13.2 Å². The predicted octanol–water partition coefficient (Wildman–Crippen LogP) is -1.41. The van der Waals surface area contributed by atoms with Crippen molar-refractivity contribution in [1.82, 2.24) is 4.90 Å². The molecule has 4 heteroatoms.